The standard InChI is InChI=1S/C18H27N3O3S/c1-20(2)25(23,24)21(3)17-11-9-16(10-12-17)18(22)19-14-13-15-7-5-4-6-8-15/h7,9-12H,4-6,8,13-14H2,1-3H3,(H,19,22). The Bertz CT molecular complexity index is 724. The van der Waals surface area contributed by atoms with Crippen molar-refractivity contribution in [3.8, 4) is 0 Å². The molecule has 1 aromatic rings. The number of carbonyl (C=O) groups is 1. The Kier molecular flexibility index (Phi) is 6.61. The van der Waals surface area contributed by atoms with E-state index in [-0.39, 0.29) is 5.91 Å². The first-order valence-electron chi connectivity index (χ1n) is 8.55. The number of hydrogen-bond acceptors (Lipinski definition) is 3. The molecule has 0 saturated heterocycles. The van der Waals surface area contributed by atoms with E-state index >= 15 is 0 Å². The highest BCUT2D eigenvalue weighted by Crippen LogP contribution is 2.20. The molecule has 0 aromatic heterocycles. The van der Waals surface area contributed by atoms with Crippen LogP contribution in [-0.2, 0) is 10.2 Å². The lowest BCUT2D eigenvalue weighted by Crippen LogP contribution is -2.37. The fourth-order valence-electron chi connectivity index (χ4n) is 2.77. The van der Waals surface area contributed by atoms with Crippen molar-refractivity contribution in [1.29, 1.82) is 0 Å². The van der Waals surface area contributed by atoms with E-state index in [4.69, 9.17) is 0 Å². The van der Waals surface area contributed by atoms with Crippen LogP contribution in [0.1, 0.15) is 42.5 Å². The van der Waals surface area contributed by atoms with Crippen LogP contribution in [0.25, 0.3) is 0 Å². The molecule has 1 aromatic carbocycles. The van der Waals surface area contributed by atoms with E-state index in [2.05, 4.69) is 11.4 Å². The summed E-state index contributed by atoms with van der Waals surface area (Å²) in [5.41, 5.74) is 2.46. The smallest absolute Gasteiger partial charge is 0.303 e. The zero-order valence-electron chi connectivity index (χ0n) is 15.2. The summed E-state index contributed by atoms with van der Waals surface area (Å²) in [7, 11) is 0.922. The third-order valence-corrected chi connectivity index (χ3v) is 6.24. The van der Waals surface area contributed by atoms with Crippen molar-refractivity contribution in [1.82, 2.24) is 9.62 Å². The number of carbonyl (C=O) groups excluding carboxylic acids is 1. The monoisotopic (exact) mass is 365 g/mol. The molecular weight excluding hydrogens is 338 g/mol. The molecule has 6 nitrogen and oxygen atoms in total. The van der Waals surface area contributed by atoms with Crippen LogP contribution >= 0.6 is 0 Å². The summed E-state index contributed by atoms with van der Waals surface area (Å²) in [5, 5.41) is 2.92. The number of allylic oxidation sites excluding steroid dienone is 1. The van der Waals surface area contributed by atoms with Gasteiger partial charge in [-0.2, -0.15) is 12.7 Å². The van der Waals surface area contributed by atoms with E-state index in [9.17, 15) is 13.2 Å². The third-order valence-electron chi connectivity index (χ3n) is 4.42. The highest BCUT2D eigenvalue weighted by atomic mass is 32.2. The molecule has 0 radical (unpaired) electrons. The Morgan fingerprint density at radius 3 is 2.36 bits per heavy atom. The molecule has 0 unspecified atom stereocenters. The van der Waals surface area contributed by atoms with Crippen molar-refractivity contribution in [2.45, 2.75) is 32.1 Å². The molecule has 1 N–H and O–H groups in total. The summed E-state index contributed by atoms with van der Waals surface area (Å²) >= 11 is 0. The van der Waals surface area contributed by atoms with Crippen LogP contribution < -0.4 is 9.62 Å². The predicted octanol–water partition coefficient (Wildman–Crippen LogP) is 2.55. The van der Waals surface area contributed by atoms with Crippen LogP contribution in [0, 0.1) is 0 Å². The summed E-state index contributed by atoms with van der Waals surface area (Å²) < 4.78 is 26.5. The van der Waals surface area contributed by atoms with Crippen molar-refractivity contribution in [2.75, 3.05) is 32.0 Å². The van der Waals surface area contributed by atoms with Gasteiger partial charge in [-0.15, -0.1) is 0 Å². The van der Waals surface area contributed by atoms with Gasteiger partial charge < -0.3 is 5.32 Å². The van der Waals surface area contributed by atoms with Crippen LogP contribution in [0.5, 0.6) is 0 Å². The minimum absolute atomic E-state index is 0.138. The molecule has 1 aliphatic carbocycles. The van der Waals surface area contributed by atoms with E-state index in [0.29, 0.717) is 17.8 Å². The maximum absolute atomic E-state index is 12.2. The van der Waals surface area contributed by atoms with Crippen LogP contribution in [0.2, 0.25) is 0 Å². The van der Waals surface area contributed by atoms with Crippen molar-refractivity contribution < 1.29 is 13.2 Å². The van der Waals surface area contributed by atoms with E-state index in [1.807, 2.05) is 0 Å². The Balaban J connectivity index is 1.92. The largest absolute Gasteiger partial charge is 0.352 e. The minimum atomic E-state index is -3.53. The number of nitrogens with zero attached hydrogens (tertiary/aromatic N) is 2. The molecule has 0 saturated carbocycles. The molecule has 138 valence electrons. The number of benzene rings is 1. The predicted molar refractivity (Wildman–Crippen MR) is 101 cm³/mol. The lowest BCUT2D eigenvalue weighted by molar-refractivity contribution is 0.0954. The number of hydrogen-bond donors (Lipinski definition) is 1. The zero-order valence-corrected chi connectivity index (χ0v) is 16.0. The summed E-state index contributed by atoms with van der Waals surface area (Å²) in [5.74, 6) is -0.138. The molecule has 0 fully saturated rings. The summed E-state index contributed by atoms with van der Waals surface area (Å²) in [6.07, 6.45) is 7.97. The lowest BCUT2D eigenvalue weighted by Gasteiger charge is -2.23. The van der Waals surface area contributed by atoms with Crippen LogP contribution in [-0.4, -0.2) is 46.3 Å². The first-order valence-corrected chi connectivity index (χ1v) is 9.94. The van der Waals surface area contributed by atoms with Gasteiger partial charge in [0.05, 0.1) is 5.69 Å². The second-order valence-corrected chi connectivity index (χ2v) is 8.59. The number of nitrogens with one attached hydrogen (secondary N) is 1. The van der Waals surface area contributed by atoms with Crippen molar-refractivity contribution >= 4 is 21.8 Å². The molecule has 0 heterocycles. The molecule has 1 aliphatic rings. The highest BCUT2D eigenvalue weighted by molar-refractivity contribution is 7.90. The Morgan fingerprint density at radius 2 is 1.80 bits per heavy atom. The fraction of sp³-hybridized carbons (Fsp3) is 0.500. The van der Waals surface area contributed by atoms with Crippen LogP contribution in [0.15, 0.2) is 35.9 Å². The van der Waals surface area contributed by atoms with Crippen LogP contribution in [0.3, 0.4) is 0 Å². The first-order chi connectivity index (χ1) is 11.8. The average Bonchev–Trinajstić information content (AvgIpc) is 2.62. The maximum Gasteiger partial charge on any atom is 0.303 e. The molecule has 7 heteroatoms. The Labute approximate surface area is 150 Å². The number of anilines is 1. The van der Waals surface area contributed by atoms with Gasteiger partial charge in [0.1, 0.15) is 0 Å². The van der Waals surface area contributed by atoms with Gasteiger partial charge in [-0.1, -0.05) is 11.6 Å². The number of amides is 1. The summed E-state index contributed by atoms with van der Waals surface area (Å²) in [6.45, 7) is 0.626. The van der Waals surface area contributed by atoms with Gasteiger partial charge >= 0.3 is 10.2 Å². The molecule has 0 bridgehead atoms. The molecule has 0 atom stereocenters. The molecule has 2 rings (SSSR count). The maximum atomic E-state index is 12.2. The van der Waals surface area contributed by atoms with E-state index in [1.165, 1.54) is 43.9 Å². The average molecular weight is 365 g/mol. The van der Waals surface area contributed by atoms with Gasteiger partial charge in [0.15, 0.2) is 0 Å². The van der Waals surface area contributed by atoms with E-state index in [1.54, 1.807) is 24.3 Å². The third kappa shape index (κ3) is 5.06. The van der Waals surface area contributed by atoms with Gasteiger partial charge in [-0.25, -0.2) is 0 Å². The molecule has 0 spiro atoms. The van der Waals surface area contributed by atoms with Gasteiger partial charge in [0, 0.05) is 33.3 Å². The van der Waals surface area contributed by atoms with Gasteiger partial charge in [0.25, 0.3) is 5.91 Å². The lowest BCUT2D eigenvalue weighted by atomic mass is 9.97. The second kappa shape index (κ2) is 8.49. The topological polar surface area (TPSA) is 69.7 Å². The fourth-order valence-corrected chi connectivity index (χ4v) is 3.65. The minimum Gasteiger partial charge on any atom is -0.352 e. The first kappa shape index (κ1) is 19.5. The van der Waals surface area contributed by atoms with Gasteiger partial charge in [0.2, 0.25) is 0 Å². The zero-order chi connectivity index (χ0) is 18.4. The second-order valence-electron chi connectivity index (χ2n) is 6.42. The van der Waals surface area contributed by atoms with Crippen molar-refractivity contribution in [2.24, 2.45) is 0 Å². The van der Waals surface area contributed by atoms with E-state index < -0.39 is 10.2 Å². The summed E-state index contributed by atoms with van der Waals surface area (Å²) in [4.78, 5) is 12.2. The van der Waals surface area contributed by atoms with E-state index in [0.717, 1.165) is 23.6 Å². The normalized spacial score (nSPS) is 15.0. The van der Waals surface area contributed by atoms with Crippen molar-refractivity contribution in [3.05, 3.63) is 41.5 Å². The van der Waals surface area contributed by atoms with Crippen molar-refractivity contribution in [3.63, 3.8) is 0 Å². The van der Waals surface area contributed by atoms with Crippen LogP contribution in [0.4, 0.5) is 5.69 Å². The highest BCUT2D eigenvalue weighted by Gasteiger charge is 2.21. The molecule has 0 aliphatic heterocycles. The summed E-state index contributed by atoms with van der Waals surface area (Å²) in [6, 6.07) is 6.57. The molecule has 1 amide bonds. The molecule has 25 heavy (non-hydrogen) atoms. The number of rotatable bonds is 7. The van der Waals surface area contributed by atoms with Gasteiger partial charge in [-0.3, -0.25) is 9.10 Å². The quantitative estimate of drug-likeness (QED) is 0.755. The molecular formula is C18H27N3O3S. The van der Waals surface area contributed by atoms with Gasteiger partial charge in [-0.05, 0) is 56.4 Å². The Hall–Kier alpha value is -1.86. The Morgan fingerprint density at radius 1 is 1.12 bits per heavy atom. The SMILES string of the molecule is CN(C)S(=O)(=O)N(C)c1ccc(C(=O)NCCC2=CCCCC2)cc1.